The van der Waals surface area contributed by atoms with Gasteiger partial charge in [-0.1, -0.05) is 25.1 Å². The molecule has 0 saturated carbocycles. The van der Waals surface area contributed by atoms with E-state index < -0.39 is 0 Å². The number of piperidine rings is 1. The average Bonchev–Trinajstić information content (AvgIpc) is 2.95. The van der Waals surface area contributed by atoms with Gasteiger partial charge in [-0.15, -0.1) is 0 Å². The Morgan fingerprint density at radius 2 is 2.17 bits per heavy atom. The van der Waals surface area contributed by atoms with Crippen LogP contribution >= 0.6 is 0 Å². The number of nitriles is 1. The van der Waals surface area contributed by atoms with Crippen LogP contribution in [0.25, 0.3) is 16.6 Å². The van der Waals surface area contributed by atoms with E-state index in [0.29, 0.717) is 6.04 Å². The largest absolute Gasteiger partial charge is 0.303 e. The summed E-state index contributed by atoms with van der Waals surface area (Å²) in [6.07, 6.45) is 6.97. The third kappa shape index (κ3) is 1.52. The SMILES string of the molecule is CC[C@@]12C=C(C#N)n3c4c(c5ccccc53)CCN(CCC1)[C@H]42. The van der Waals surface area contributed by atoms with E-state index in [1.54, 1.807) is 0 Å². The number of hydrogen-bond acceptors (Lipinski definition) is 2. The van der Waals surface area contributed by atoms with Gasteiger partial charge < -0.3 is 4.57 Å². The Labute approximate surface area is 136 Å². The Morgan fingerprint density at radius 3 is 3.00 bits per heavy atom. The lowest BCUT2D eigenvalue weighted by molar-refractivity contribution is 0.0272. The highest BCUT2D eigenvalue weighted by molar-refractivity contribution is 5.91. The van der Waals surface area contributed by atoms with Crippen LogP contribution < -0.4 is 0 Å². The smallest absolute Gasteiger partial charge is 0.121 e. The van der Waals surface area contributed by atoms with Crippen LogP contribution in [0.1, 0.15) is 43.5 Å². The van der Waals surface area contributed by atoms with Crippen molar-refractivity contribution in [3.05, 3.63) is 41.6 Å². The second-order valence-corrected chi connectivity index (χ2v) is 7.24. The zero-order valence-corrected chi connectivity index (χ0v) is 13.5. The van der Waals surface area contributed by atoms with Crippen molar-refractivity contribution in [3.8, 4) is 6.07 Å². The predicted octanol–water partition coefficient (Wildman–Crippen LogP) is 4.11. The van der Waals surface area contributed by atoms with Crippen LogP contribution in [0.5, 0.6) is 0 Å². The molecule has 0 unspecified atom stereocenters. The van der Waals surface area contributed by atoms with Crippen molar-refractivity contribution in [2.75, 3.05) is 13.1 Å². The van der Waals surface area contributed by atoms with Gasteiger partial charge in [0.15, 0.2) is 0 Å². The molecule has 3 nitrogen and oxygen atoms in total. The summed E-state index contributed by atoms with van der Waals surface area (Å²) in [7, 11) is 0. The van der Waals surface area contributed by atoms with E-state index in [1.165, 1.54) is 41.5 Å². The molecule has 23 heavy (non-hydrogen) atoms. The van der Waals surface area contributed by atoms with Crippen LogP contribution in [0, 0.1) is 16.7 Å². The number of nitrogens with zero attached hydrogens (tertiary/aromatic N) is 3. The number of allylic oxidation sites excluding steroid dienone is 1. The minimum absolute atomic E-state index is 0.142. The van der Waals surface area contributed by atoms with Crippen molar-refractivity contribution in [1.82, 2.24) is 9.47 Å². The zero-order chi connectivity index (χ0) is 15.6. The summed E-state index contributed by atoms with van der Waals surface area (Å²) in [5.74, 6) is 0. The maximum absolute atomic E-state index is 9.84. The molecular formula is C20H21N3. The van der Waals surface area contributed by atoms with Gasteiger partial charge in [-0.25, -0.2) is 0 Å². The van der Waals surface area contributed by atoms with Crippen LogP contribution in [-0.2, 0) is 6.42 Å². The van der Waals surface area contributed by atoms with E-state index in [9.17, 15) is 5.26 Å². The molecule has 0 bridgehead atoms. The van der Waals surface area contributed by atoms with E-state index >= 15 is 0 Å². The maximum Gasteiger partial charge on any atom is 0.121 e. The molecule has 1 aromatic carbocycles. The molecule has 5 rings (SSSR count). The van der Waals surface area contributed by atoms with E-state index in [2.05, 4.69) is 52.8 Å². The fraction of sp³-hybridized carbons (Fsp3) is 0.450. The number of hydrogen-bond donors (Lipinski definition) is 0. The van der Waals surface area contributed by atoms with E-state index in [1.807, 2.05) is 0 Å². The molecule has 0 spiro atoms. The molecule has 0 radical (unpaired) electrons. The van der Waals surface area contributed by atoms with E-state index in [4.69, 9.17) is 0 Å². The molecular weight excluding hydrogens is 282 g/mol. The Balaban J connectivity index is 1.92. The molecule has 3 aliphatic heterocycles. The third-order valence-corrected chi connectivity index (χ3v) is 6.36. The molecule has 0 N–H and O–H groups in total. The molecule has 3 aliphatic rings. The van der Waals surface area contributed by atoms with Gasteiger partial charge in [0, 0.05) is 23.0 Å². The molecule has 1 fully saturated rings. The molecule has 1 saturated heterocycles. The Bertz CT molecular complexity index is 882. The highest BCUT2D eigenvalue weighted by atomic mass is 15.2. The first-order valence-corrected chi connectivity index (χ1v) is 8.78. The van der Waals surface area contributed by atoms with Gasteiger partial charge in [0.25, 0.3) is 0 Å². The molecule has 116 valence electrons. The van der Waals surface area contributed by atoms with Gasteiger partial charge in [0.1, 0.15) is 11.8 Å². The number of rotatable bonds is 1. The summed E-state index contributed by atoms with van der Waals surface area (Å²) in [6.45, 7) is 4.65. The van der Waals surface area contributed by atoms with Crippen molar-refractivity contribution in [2.24, 2.45) is 5.41 Å². The predicted molar refractivity (Wildman–Crippen MR) is 91.8 cm³/mol. The summed E-state index contributed by atoms with van der Waals surface area (Å²) in [5, 5.41) is 11.2. The normalized spacial score (nSPS) is 29.0. The van der Waals surface area contributed by atoms with Crippen molar-refractivity contribution in [2.45, 2.75) is 38.6 Å². The quantitative estimate of drug-likeness (QED) is 0.794. The first-order valence-electron chi connectivity index (χ1n) is 8.78. The van der Waals surface area contributed by atoms with Crippen LogP contribution in [0.4, 0.5) is 0 Å². The van der Waals surface area contributed by atoms with Gasteiger partial charge in [-0.2, -0.15) is 5.26 Å². The van der Waals surface area contributed by atoms with Crippen molar-refractivity contribution < 1.29 is 0 Å². The molecule has 1 aromatic heterocycles. The van der Waals surface area contributed by atoms with Gasteiger partial charge in [-0.3, -0.25) is 4.90 Å². The summed E-state index contributed by atoms with van der Waals surface area (Å²) < 4.78 is 2.26. The lowest BCUT2D eigenvalue weighted by Gasteiger charge is -2.53. The first-order chi connectivity index (χ1) is 11.3. The molecule has 0 amide bonds. The van der Waals surface area contributed by atoms with Crippen molar-refractivity contribution >= 4 is 16.6 Å². The summed E-state index contributed by atoms with van der Waals surface area (Å²) >= 11 is 0. The van der Waals surface area contributed by atoms with E-state index in [-0.39, 0.29) is 5.41 Å². The number of fused-ring (bicyclic) bond motifs is 3. The average molecular weight is 303 g/mol. The second kappa shape index (κ2) is 4.49. The topological polar surface area (TPSA) is 32.0 Å². The second-order valence-electron chi connectivity index (χ2n) is 7.24. The minimum Gasteiger partial charge on any atom is -0.303 e. The summed E-state index contributed by atoms with van der Waals surface area (Å²) in [6, 6.07) is 11.6. The van der Waals surface area contributed by atoms with Gasteiger partial charge in [-0.05, 0) is 49.9 Å². The summed E-state index contributed by atoms with van der Waals surface area (Å²) in [5.41, 5.74) is 5.09. The first kappa shape index (κ1) is 13.4. The van der Waals surface area contributed by atoms with Gasteiger partial charge >= 0.3 is 0 Å². The number of para-hydroxylation sites is 1. The molecule has 2 atom stereocenters. The van der Waals surface area contributed by atoms with Gasteiger partial charge in [0.05, 0.1) is 11.6 Å². The molecule has 4 heterocycles. The van der Waals surface area contributed by atoms with Gasteiger partial charge in [0.2, 0.25) is 0 Å². The standard InChI is InChI=1S/C20H21N3/c1-2-20-9-5-10-22-11-8-16-15-6-3-4-7-17(15)23(14(12-20)13-21)18(16)19(20)22/h3-4,6-7,12,19H,2,5,8-11H2,1H3/t19-,20+/m1/s1. The zero-order valence-electron chi connectivity index (χ0n) is 13.5. The highest BCUT2D eigenvalue weighted by Crippen LogP contribution is 2.56. The Kier molecular flexibility index (Phi) is 2.61. The Morgan fingerprint density at radius 1 is 1.30 bits per heavy atom. The molecule has 3 heteroatoms. The monoisotopic (exact) mass is 303 g/mol. The Hall–Kier alpha value is -2.05. The minimum atomic E-state index is 0.142. The van der Waals surface area contributed by atoms with Crippen LogP contribution in [-0.4, -0.2) is 22.6 Å². The number of benzene rings is 1. The maximum atomic E-state index is 9.84. The fourth-order valence-electron chi connectivity index (χ4n) is 5.36. The fourth-order valence-corrected chi connectivity index (χ4v) is 5.36. The van der Waals surface area contributed by atoms with Crippen molar-refractivity contribution in [1.29, 1.82) is 5.26 Å². The van der Waals surface area contributed by atoms with Crippen LogP contribution in [0.15, 0.2) is 30.3 Å². The molecule has 2 aromatic rings. The lowest BCUT2D eigenvalue weighted by atomic mass is 9.66. The van der Waals surface area contributed by atoms with Crippen molar-refractivity contribution in [3.63, 3.8) is 0 Å². The molecule has 0 aliphatic carbocycles. The lowest BCUT2D eigenvalue weighted by Crippen LogP contribution is -2.50. The van der Waals surface area contributed by atoms with E-state index in [0.717, 1.165) is 25.1 Å². The summed E-state index contributed by atoms with van der Waals surface area (Å²) in [4.78, 5) is 2.68. The number of aromatic nitrogens is 1. The van der Waals surface area contributed by atoms with Crippen LogP contribution in [0.2, 0.25) is 0 Å². The highest BCUT2D eigenvalue weighted by Gasteiger charge is 2.50. The third-order valence-electron chi connectivity index (χ3n) is 6.36. The van der Waals surface area contributed by atoms with Crippen LogP contribution in [0.3, 0.4) is 0 Å².